The molecule has 108 valence electrons. The van der Waals surface area contributed by atoms with Gasteiger partial charge in [0.15, 0.2) is 0 Å². The van der Waals surface area contributed by atoms with Gasteiger partial charge in [0, 0.05) is 30.0 Å². The minimum Gasteiger partial charge on any atom is -0.330 e. The van der Waals surface area contributed by atoms with E-state index in [9.17, 15) is 9.59 Å². The molecule has 0 aliphatic carbocycles. The Morgan fingerprint density at radius 1 is 1.45 bits per heavy atom. The van der Waals surface area contributed by atoms with Gasteiger partial charge in [-0.2, -0.15) is 0 Å². The second-order valence-corrected chi connectivity index (χ2v) is 5.52. The Kier molecular flexibility index (Phi) is 4.37. The fourth-order valence-electron chi connectivity index (χ4n) is 2.48. The molecule has 1 N–H and O–H groups in total. The van der Waals surface area contributed by atoms with Crippen LogP contribution in [0.2, 0.25) is 0 Å². The van der Waals surface area contributed by atoms with Crippen LogP contribution in [0.3, 0.4) is 0 Å². The van der Waals surface area contributed by atoms with Crippen LogP contribution in [0, 0.1) is 12.8 Å². The molecule has 20 heavy (non-hydrogen) atoms. The minimum atomic E-state index is -0.349. The first-order valence-corrected chi connectivity index (χ1v) is 7.03. The van der Waals surface area contributed by atoms with Crippen LogP contribution in [0.25, 0.3) is 0 Å². The van der Waals surface area contributed by atoms with Crippen molar-refractivity contribution in [2.45, 2.75) is 39.7 Å². The molecule has 1 aromatic heterocycles. The van der Waals surface area contributed by atoms with E-state index in [-0.39, 0.29) is 23.8 Å². The number of nitrogens with zero attached hydrogens (tertiary/aromatic N) is 2. The SMILES string of the molecule is Cc1cc(NC(=O)[C@H]2CCCN2C(=O)C(C)C)ccn1. The average Bonchev–Trinajstić information content (AvgIpc) is 2.86. The fourth-order valence-corrected chi connectivity index (χ4v) is 2.48. The van der Waals surface area contributed by atoms with Crippen molar-refractivity contribution >= 4 is 17.5 Å². The smallest absolute Gasteiger partial charge is 0.247 e. The predicted octanol–water partition coefficient (Wildman–Crippen LogP) is 1.98. The van der Waals surface area contributed by atoms with Gasteiger partial charge in [0.05, 0.1) is 0 Å². The first-order chi connectivity index (χ1) is 9.49. The summed E-state index contributed by atoms with van der Waals surface area (Å²) < 4.78 is 0. The number of likely N-dealkylation sites (tertiary alicyclic amines) is 1. The number of hydrogen-bond acceptors (Lipinski definition) is 3. The third-order valence-corrected chi connectivity index (χ3v) is 3.50. The Morgan fingerprint density at radius 3 is 2.85 bits per heavy atom. The molecule has 1 fully saturated rings. The van der Waals surface area contributed by atoms with E-state index in [0.29, 0.717) is 6.54 Å². The number of aromatic nitrogens is 1. The third kappa shape index (κ3) is 3.15. The highest BCUT2D eigenvalue weighted by Crippen LogP contribution is 2.21. The van der Waals surface area contributed by atoms with Gasteiger partial charge >= 0.3 is 0 Å². The summed E-state index contributed by atoms with van der Waals surface area (Å²) in [6, 6.07) is 3.23. The lowest BCUT2D eigenvalue weighted by Gasteiger charge is -2.25. The number of carbonyl (C=O) groups is 2. The molecule has 5 heteroatoms. The van der Waals surface area contributed by atoms with Gasteiger partial charge in [0.2, 0.25) is 11.8 Å². The number of carbonyl (C=O) groups excluding carboxylic acids is 2. The molecule has 0 unspecified atom stereocenters. The molecule has 5 nitrogen and oxygen atoms in total. The van der Waals surface area contributed by atoms with Gasteiger partial charge in [-0.05, 0) is 31.9 Å². The highest BCUT2D eigenvalue weighted by atomic mass is 16.2. The first-order valence-electron chi connectivity index (χ1n) is 7.03. The van der Waals surface area contributed by atoms with Gasteiger partial charge in [0.1, 0.15) is 6.04 Å². The van der Waals surface area contributed by atoms with Crippen LogP contribution in [-0.2, 0) is 9.59 Å². The van der Waals surface area contributed by atoms with Crippen molar-refractivity contribution < 1.29 is 9.59 Å². The Hall–Kier alpha value is -1.91. The lowest BCUT2D eigenvalue weighted by molar-refractivity contribution is -0.139. The lowest BCUT2D eigenvalue weighted by atomic mass is 10.1. The van der Waals surface area contributed by atoms with Crippen LogP contribution in [0.5, 0.6) is 0 Å². The Balaban J connectivity index is 2.06. The van der Waals surface area contributed by atoms with E-state index in [1.165, 1.54) is 0 Å². The molecule has 2 heterocycles. The molecule has 1 aromatic rings. The van der Waals surface area contributed by atoms with Crippen molar-refractivity contribution in [1.82, 2.24) is 9.88 Å². The van der Waals surface area contributed by atoms with E-state index in [4.69, 9.17) is 0 Å². The molecule has 0 spiro atoms. The van der Waals surface area contributed by atoms with Crippen LogP contribution in [0.4, 0.5) is 5.69 Å². The molecule has 0 aromatic carbocycles. The van der Waals surface area contributed by atoms with E-state index >= 15 is 0 Å². The average molecular weight is 275 g/mol. The van der Waals surface area contributed by atoms with Crippen LogP contribution >= 0.6 is 0 Å². The highest BCUT2D eigenvalue weighted by Gasteiger charge is 2.34. The van der Waals surface area contributed by atoms with Crippen molar-refractivity contribution in [2.24, 2.45) is 5.92 Å². The molecule has 0 saturated carbocycles. The zero-order chi connectivity index (χ0) is 14.7. The van der Waals surface area contributed by atoms with Gasteiger partial charge in [-0.1, -0.05) is 13.8 Å². The van der Waals surface area contributed by atoms with Crippen LogP contribution in [-0.4, -0.2) is 34.3 Å². The molecule has 0 radical (unpaired) electrons. The van der Waals surface area contributed by atoms with Crippen LogP contribution in [0.15, 0.2) is 18.3 Å². The van der Waals surface area contributed by atoms with E-state index in [1.54, 1.807) is 17.2 Å². The second-order valence-electron chi connectivity index (χ2n) is 5.52. The number of nitrogens with one attached hydrogen (secondary N) is 1. The number of aryl methyl sites for hydroxylation is 1. The maximum absolute atomic E-state index is 12.3. The van der Waals surface area contributed by atoms with Crippen molar-refractivity contribution in [3.05, 3.63) is 24.0 Å². The maximum atomic E-state index is 12.3. The number of amides is 2. The fraction of sp³-hybridized carbons (Fsp3) is 0.533. The third-order valence-electron chi connectivity index (χ3n) is 3.50. The van der Waals surface area contributed by atoms with Crippen LogP contribution < -0.4 is 5.32 Å². The summed E-state index contributed by atoms with van der Waals surface area (Å²) in [7, 11) is 0. The monoisotopic (exact) mass is 275 g/mol. The van der Waals surface area contributed by atoms with Gasteiger partial charge < -0.3 is 10.2 Å². The number of anilines is 1. The normalized spacial score (nSPS) is 18.4. The Bertz CT molecular complexity index is 514. The van der Waals surface area contributed by atoms with Crippen molar-refractivity contribution in [1.29, 1.82) is 0 Å². The number of rotatable bonds is 3. The zero-order valence-corrected chi connectivity index (χ0v) is 12.2. The molecule has 1 atom stereocenters. The molecule has 1 saturated heterocycles. The summed E-state index contributed by atoms with van der Waals surface area (Å²) in [5.74, 6) is -0.137. The lowest BCUT2D eigenvalue weighted by Crippen LogP contribution is -2.44. The van der Waals surface area contributed by atoms with Gasteiger partial charge in [-0.15, -0.1) is 0 Å². The van der Waals surface area contributed by atoms with E-state index in [0.717, 1.165) is 24.2 Å². The summed E-state index contributed by atoms with van der Waals surface area (Å²) in [6.45, 7) is 6.27. The molecular formula is C15H21N3O2. The molecular weight excluding hydrogens is 254 g/mol. The van der Waals surface area contributed by atoms with Gasteiger partial charge in [-0.25, -0.2) is 0 Å². The molecule has 1 aliphatic rings. The molecule has 2 rings (SSSR count). The van der Waals surface area contributed by atoms with Crippen molar-refractivity contribution in [3.63, 3.8) is 0 Å². The minimum absolute atomic E-state index is 0.0496. The summed E-state index contributed by atoms with van der Waals surface area (Å²) in [4.78, 5) is 30.2. The largest absolute Gasteiger partial charge is 0.330 e. The Labute approximate surface area is 119 Å². The van der Waals surface area contributed by atoms with Crippen LogP contribution in [0.1, 0.15) is 32.4 Å². The summed E-state index contributed by atoms with van der Waals surface area (Å²) in [6.07, 6.45) is 3.27. The summed E-state index contributed by atoms with van der Waals surface area (Å²) in [5.41, 5.74) is 1.58. The number of pyridine rings is 1. The van der Waals surface area contributed by atoms with Crippen molar-refractivity contribution in [2.75, 3.05) is 11.9 Å². The summed E-state index contributed by atoms with van der Waals surface area (Å²) >= 11 is 0. The second kappa shape index (κ2) is 6.03. The summed E-state index contributed by atoms with van der Waals surface area (Å²) in [5, 5.41) is 2.88. The number of hydrogen-bond donors (Lipinski definition) is 1. The van der Waals surface area contributed by atoms with Gasteiger partial charge in [-0.3, -0.25) is 14.6 Å². The predicted molar refractivity (Wildman–Crippen MR) is 77.2 cm³/mol. The highest BCUT2D eigenvalue weighted by molar-refractivity contribution is 5.97. The maximum Gasteiger partial charge on any atom is 0.247 e. The van der Waals surface area contributed by atoms with Crippen molar-refractivity contribution in [3.8, 4) is 0 Å². The molecule has 0 bridgehead atoms. The quantitative estimate of drug-likeness (QED) is 0.917. The standard InChI is InChI=1S/C15H21N3O2/c1-10(2)15(20)18-8-4-5-13(18)14(19)17-12-6-7-16-11(3)9-12/h6-7,9-10,13H,4-5,8H2,1-3H3,(H,16,17,19)/t13-/m1/s1. The topological polar surface area (TPSA) is 62.3 Å². The zero-order valence-electron chi connectivity index (χ0n) is 12.2. The van der Waals surface area contributed by atoms with E-state index in [2.05, 4.69) is 10.3 Å². The van der Waals surface area contributed by atoms with E-state index in [1.807, 2.05) is 26.8 Å². The first kappa shape index (κ1) is 14.5. The van der Waals surface area contributed by atoms with E-state index < -0.39 is 0 Å². The molecule has 2 amide bonds. The Morgan fingerprint density at radius 2 is 2.20 bits per heavy atom. The van der Waals surface area contributed by atoms with Gasteiger partial charge in [0.25, 0.3) is 0 Å². The molecule has 1 aliphatic heterocycles.